The fourth-order valence-electron chi connectivity index (χ4n) is 7.78. The van der Waals surface area contributed by atoms with Crippen LogP contribution >= 0.6 is 42.3 Å². The molecule has 2 aliphatic carbocycles. The molecule has 0 spiro atoms. The van der Waals surface area contributed by atoms with Crippen LogP contribution in [0.15, 0.2) is 28.5 Å². The molecule has 1 aliphatic heterocycles. The average Bonchev–Trinajstić information content (AvgIpc) is 3.21. The first-order chi connectivity index (χ1) is 19.8. The molecule has 0 radical (unpaired) electrons. The summed E-state index contributed by atoms with van der Waals surface area (Å²) in [6.07, 6.45) is 7.86. The van der Waals surface area contributed by atoms with Gasteiger partial charge in [-0.15, -0.1) is 0 Å². The minimum absolute atomic E-state index is 0.106. The van der Waals surface area contributed by atoms with Crippen LogP contribution in [0.4, 0.5) is 0 Å². The monoisotopic (exact) mass is 752 g/mol. The van der Waals surface area contributed by atoms with Gasteiger partial charge in [0.05, 0.1) is 0 Å². The Balaban J connectivity index is 0.000000471. The van der Waals surface area contributed by atoms with Gasteiger partial charge in [-0.25, -0.2) is 0 Å². The van der Waals surface area contributed by atoms with Crippen molar-refractivity contribution >= 4 is 42.3 Å². The van der Waals surface area contributed by atoms with Gasteiger partial charge in [0.2, 0.25) is 0 Å². The van der Waals surface area contributed by atoms with Gasteiger partial charge in [-0.05, 0) is 99.0 Å². The predicted octanol–water partition coefficient (Wildman–Crippen LogP) is 11.6. The molecule has 246 valence electrons. The molecule has 0 N–H and O–H groups in total. The Hall–Kier alpha value is 0.312. The van der Waals surface area contributed by atoms with Gasteiger partial charge in [0.25, 0.3) is 0 Å². The van der Waals surface area contributed by atoms with Crippen LogP contribution in [0.1, 0.15) is 105 Å². The SMILES string of the molecule is CC(C)C1CCCC(C(C)C)C1N1[CH-]N(C2C(C(C)C)CCCC2C(C)C)C(Cl)=C1Cl.Cc1cccc(C)n1.[Cl][Pd][Cl]. The molecule has 1 aromatic heterocycles. The van der Waals surface area contributed by atoms with E-state index in [4.69, 9.17) is 42.3 Å². The average molecular weight is 755 g/mol. The number of aryl methyl sites for hydroxylation is 2. The van der Waals surface area contributed by atoms with Crippen molar-refractivity contribution in [2.75, 3.05) is 0 Å². The zero-order valence-electron chi connectivity index (χ0n) is 27.5. The molecule has 4 unspecified atom stereocenters. The fraction of sp³-hybridized carbons (Fsp3) is 0.765. The number of halogens is 4. The maximum absolute atomic E-state index is 7.07. The molecule has 0 aromatic carbocycles. The molecule has 2 saturated carbocycles. The van der Waals surface area contributed by atoms with Crippen molar-refractivity contribution in [2.45, 2.75) is 120 Å². The Morgan fingerprint density at radius 1 is 0.667 bits per heavy atom. The number of hydrogen-bond acceptors (Lipinski definition) is 3. The molecule has 0 saturated heterocycles. The Morgan fingerprint density at radius 2 is 0.952 bits per heavy atom. The predicted molar refractivity (Wildman–Crippen MR) is 181 cm³/mol. The van der Waals surface area contributed by atoms with Gasteiger partial charge in [0.1, 0.15) is 10.3 Å². The van der Waals surface area contributed by atoms with Crippen molar-refractivity contribution < 1.29 is 15.9 Å². The zero-order valence-corrected chi connectivity index (χ0v) is 32.1. The number of aromatic nitrogens is 1. The van der Waals surface area contributed by atoms with Crippen LogP contribution < -0.4 is 0 Å². The molecule has 2 heterocycles. The molecular weight excluding hydrogens is 699 g/mol. The molecule has 3 nitrogen and oxygen atoms in total. The molecule has 4 atom stereocenters. The number of pyridine rings is 1. The van der Waals surface area contributed by atoms with Crippen molar-refractivity contribution in [3.8, 4) is 0 Å². The van der Waals surface area contributed by atoms with Crippen molar-refractivity contribution in [1.82, 2.24) is 14.8 Å². The van der Waals surface area contributed by atoms with Crippen molar-refractivity contribution in [2.24, 2.45) is 47.3 Å². The van der Waals surface area contributed by atoms with E-state index in [0.29, 0.717) is 59.4 Å². The second kappa shape index (κ2) is 18.5. The summed E-state index contributed by atoms with van der Waals surface area (Å²) in [5.41, 5.74) is 2.18. The number of rotatable bonds is 6. The summed E-state index contributed by atoms with van der Waals surface area (Å²) in [7, 11) is 9.63. The molecule has 2 fully saturated rings. The van der Waals surface area contributed by atoms with Gasteiger partial charge in [-0.3, -0.25) is 4.98 Å². The van der Waals surface area contributed by atoms with Gasteiger partial charge >= 0.3 is 35.0 Å². The molecule has 1 aromatic rings. The van der Waals surface area contributed by atoms with Crippen LogP contribution in [0.5, 0.6) is 0 Å². The second-order valence-electron chi connectivity index (χ2n) is 14.0. The van der Waals surface area contributed by atoms with E-state index in [1.807, 2.05) is 32.0 Å². The quantitative estimate of drug-likeness (QED) is 0.164. The van der Waals surface area contributed by atoms with E-state index < -0.39 is 0 Å². The second-order valence-corrected chi connectivity index (χ2v) is 17.0. The van der Waals surface area contributed by atoms with Gasteiger partial charge in [0.15, 0.2) is 0 Å². The summed E-state index contributed by atoms with van der Waals surface area (Å²) >= 11 is 14.0. The van der Waals surface area contributed by atoms with Gasteiger partial charge in [-0.1, -0.05) is 97.5 Å². The van der Waals surface area contributed by atoms with Crippen LogP contribution in [0, 0.1) is 67.9 Å². The van der Waals surface area contributed by atoms with E-state index in [1.165, 1.54) is 38.5 Å². The summed E-state index contributed by atoms with van der Waals surface area (Å²) in [4.78, 5) is 8.98. The number of hydrogen-bond donors (Lipinski definition) is 0. The molecule has 42 heavy (non-hydrogen) atoms. The summed E-state index contributed by atoms with van der Waals surface area (Å²) in [6.45, 7) is 25.4. The first-order valence-electron chi connectivity index (χ1n) is 16.0. The van der Waals surface area contributed by atoms with Crippen LogP contribution in [-0.4, -0.2) is 26.9 Å². The minimum atomic E-state index is -0.106. The Bertz CT molecular complexity index is 869. The normalized spacial score (nSPS) is 28.4. The van der Waals surface area contributed by atoms with Crippen molar-refractivity contribution in [1.29, 1.82) is 0 Å². The van der Waals surface area contributed by atoms with Gasteiger partial charge < -0.3 is 9.80 Å². The van der Waals surface area contributed by atoms with Gasteiger partial charge in [0, 0.05) is 23.5 Å². The maximum atomic E-state index is 7.07. The summed E-state index contributed by atoms with van der Waals surface area (Å²) < 4.78 is 0. The summed E-state index contributed by atoms with van der Waals surface area (Å²) in [6, 6.07) is 6.88. The Morgan fingerprint density at radius 3 is 1.17 bits per heavy atom. The van der Waals surface area contributed by atoms with E-state index in [-0.39, 0.29) is 15.9 Å². The van der Waals surface area contributed by atoms with Gasteiger partial charge in [-0.2, -0.15) is 6.67 Å². The van der Waals surface area contributed by atoms with Crippen LogP contribution in [0.2, 0.25) is 0 Å². The van der Waals surface area contributed by atoms with E-state index >= 15 is 0 Å². The van der Waals surface area contributed by atoms with E-state index in [9.17, 15) is 0 Å². The summed E-state index contributed by atoms with van der Waals surface area (Å²) in [5.74, 6) is 5.23. The molecule has 3 aliphatic rings. The zero-order chi connectivity index (χ0) is 31.7. The van der Waals surface area contributed by atoms with Crippen molar-refractivity contribution in [3.05, 3.63) is 46.6 Å². The number of nitrogens with zero attached hydrogens (tertiary/aromatic N) is 3. The van der Waals surface area contributed by atoms with Crippen molar-refractivity contribution in [3.63, 3.8) is 0 Å². The third-order valence-electron chi connectivity index (χ3n) is 9.87. The van der Waals surface area contributed by atoms with Crippen LogP contribution in [0.3, 0.4) is 0 Å². The fourth-order valence-corrected chi connectivity index (χ4v) is 8.28. The Labute approximate surface area is 285 Å². The first kappa shape index (κ1) is 38.5. The molecule has 8 heteroatoms. The molecular formula is C34H56Cl4N3Pd-. The Kier molecular flexibility index (Phi) is 16.9. The van der Waals surface area contributed by atoms with Crippen LogP contribution in [-0.2, 0) is 15.9 Å². The topological polar surface area (TPSA) is 19.4 Å². The first-order valence-corrected chi connectivity index (χ1v) is 20.7. The third-order valence-corrected chi connectivity index (χ3v) is 10.7. The molecule has 4 rings (SSSR count). The van der Waals surface area contributed by atoms with E-state index in [0.717, 1.165) is 21.7 Å². The van der Waals surface area contributed by atoms with E-state index in [2.05, 4.69) is 76.8 Å². The standard InChI is InChI=1S/C27H47Cl2N2.C7H9N.2ClH.Pd/c1-16(2)20-11-9-12-21(17(3)4)24(20)30-15-31(27(29)26(30)28)25-22(18(5)6)13-10-14-23(25)19(7)8;1-6-4-3-5-7(2)8-6;;;/h15-25H,9-14H2,1-8H3;3-5H,1-2H3;2*1H;/q-1;;;;+2/p-2. The molecule has 0 amide bonds. The van der Waals surface area contributed by atoms with Crippen LogP contribution in [0.25, 0.3) is 0 Å². The van der Waals surface area contributed by atoms with E-state index in [1.54, 1.807) is 0 Å². The molecule has 0 bridgehead atoms. The third kappa shape index (κ3) is 10.2. The summed E-state index contributed by atoms with van der Waals surface area (Å²) in [5, 5.41) is 1.53.